The fourth-order valence-electron chi connectivity index (χ4n) is 2.16. The quantitative estimate of drug-likeness (QED) is 0.592. The highest BCUT2D eigenvalue weighted by Crippen LogP contribution is 2.26. The first-order valence-electron chi connectivity index (χ1n) is 5.94. The Labute approximate surface area is 106 Å². The summed E-state index contributed by atoms with van der Waals surface area (Å²) >= 11 is 0. The summed E-state index contributed by atoms with van der Waals surface area (Å²) in [7, 11) is 0. The number of aromatic hydroxyl groups is 1. The third-order valence-corrected chi connectivity index (χ3v) is 3.11. The number of nitrogens with one attached hydrogen (secondary N) is 2. The molecule has 0 bridgehead atoms. The maximum atomic E-state index is 9.34. The summed E-state index contributed by atoms with van der Waals surface area (Å²) in [5.74, 6) is 6.23. The predicted molar refractivity (Wildman–Crippen MR) is 67.5 cm³/mol. The summed E-state index contributed by atoms with van der Waals surface area (Å²) in [6.07, 6.45) is 2.99. The zero-order valence-corrected chi connectivity index (χ0v) is 9.86. The van der Waals surface area contributed by atoms with Crippen LogP contribution in [0.3, 0.4) is 0 Å². The van der Waals surface area contributed by atoms with E-state index in [1.165, 1.54) is 0 Å². The number of allylic oxidation sites excluding steroid dienone is 1. The minimum atomic E-state index is -0.233. The Kier molecular flexibility index (Phi) is 2.71. The maximum Gasteiger partial charge on any atom is 0.131 e. The van der Waals surface area contributed by atoms with Gasteiger partial charge in [0.05, 0.1) is 0 Å². The van der Waals surface area contributed by atoms with E-state index in [1.54, 1.807) is 18.2 Å². The lowest BCUT2D eigenvalue weighted by Gasteiger charge is -2.16. The summed E-state index contributed by atoms with van der Waals surface area (Å²) in [5, 5.41) is 12.6. The fourth-order valence-corrected chi connectivity index (χ4v) is 2.16. The van der Waals surface area contributed by atoms with Gasteiger partial charge in [0.2, 0.25) is 0 Å². The van der Waals surface area contributed by atoms with E-state index in [0.717, 1.165) is 30.8 Å². The van der Waals surface area contributed by atoms with Crippen LogP contribution in [0.2, 0.25) is 0 Å². The molecule has 2 heterocycles. The maximum absolute atomic E-state index is 9.34. The second kappa shape index (κ2) is 4.37. The predicted octanol–water partition coefficient (Wildman–Crippen LogP) is 0.895. The number of hydrogen-bond acceptors (Lipinski definition) is 4. The molecule has 1 atom stereocenters. The average Bonchev–Trinajstić information content (AvgIpc) is 2.98. The van der Waals surface area contributed by atoms with Crippen LogP contribution in [0, 0.1) is 11.8 Å². The molecule has 18 heavy (non-hydrogen) atoms. The molecule has 4 heteroatoms. The van der Waals surface area contributed by atoms with Crippen molar-refractivity contribution in [2.24, 2.45) is 0 Å². The summed E-state index contributed by atoms with van der Waals surface area (Å²) in [4.78, 5) is 5.57. The van der Waals surface area contributed by atoms with Crippen molar-refractivity contribution in [2.45, 2.75) is 12.0 Å². The van der Waals surface area contributed by atoms with Gasteiger partial charge in [0.25, 0.3) is 0 Å². The highest BCUT2D eigenvalue weighted by Gasteiger charge is 2.37. The van der Waals surface area contributed by atoms with Crippen molar-refractivity contribution in [3.8, 4) is 17.6 Å². The lowest BCUT2D eigenvalue weighted by atomic mass is 10.0. The van der Waals surface area contributed by atoms with Gasteiger partial charge in [0.15, 0.2) is 0 Å². The molecular weight excluding hydrogens is 228 g/mol. The molecule has 1 aromatic rings. The number of rotatable bonds is 0. The first-order chi connectivity index (χ1) is 8.76. The van der Waals surface area contributed by atoms with Crippen LogP contribution in [0.4, 0.5) is 0 Å². The van der Waals surface area contributed by atoms with Crippen LogP contribution in [0.15, 0.2) is 36.0 Å². The van der Waals surface area contributed by atoms with Crippen LogP contribution in [0.5, 0.6) is 5.75 Å². The van der Waals surface area contributed by atoms with Crippen LogP contribution in [-0.2, 0) is 4.84 Å². The van der Waals surface area contributed by atoms with E-state index in [-0.39, 0.29) is 11.4 Å². The smallest absolute Gasteiger partial charge is 0.131 e. The van der Waals surface area contributed by atoms with Gasteiger partial charge in [-0.2, -0.15) is 0 Å². The Morgan fingerprint density at radius 1 is 1.33 bits per heavy atom. The summed E-state index contributed by atoms with van der Waals surface area (Å²) in [5.41, 5.74) is 4.19. The van der Waals surface area contributed by atoms with Crippen molar-refractivity contribution in [3.63, 3.8) is 0 Å². The Morgan fingerprint density at radius 3 is 3.06 bits per heavy atom. The molecule has 1 unspecified atom stereocenters. The van der Waals surface area contributed by atoms with Crippen LogP contribution >= 0.6 is 0 Å². The van der Waals surface area contributed by atoms with Gasteiger partial charge in [-0.05, 0) is 43.2 Å². The number of phenolic OH excluding ortho intramolecular Hbond substituents is 1. The SMILES string of the molecule is Oc1cccc(C#CC2=CC3(CCNC3)ON2)c1. The molecular formula is C14H14N2O2. The standard InChI is InChI=1S/C14H14N2O2/c17-13-3-1-2-11(8-13)4-5-12-9-14(18-16-12)6-7-15-10-14/h1-3,8-9,15-17H,6-7,10H2. The zero-order chi connectivity index (χ0) is 12.4. The summed E-state index contributed by atoms with van der Waals surface area (Å²) < 4.78 is 0. The minimum Gasteiger partial charge on any atom is -0.508 e. The van der Waals surface area contributed by atoms with E-state index in [0.29, 0.717) is 0 Å². The van der Waals surface area contributed by atoms with Gasteiger partial charge in [-0.15, -0.1) is 0 Å². The topological polar surface area (TPSA) is 53.5 Å². The zero-order valence-electron chi connectivity index (χ0n) is 9.86. The molecule has 0 aromatic heterocycles. The van der Waals surface area contributed by atoms with Crippen LogP contribution in [0.25, 0.3) is 0 Å². The van der Waals surface area contributed by atoms with Gasteiger partial charge in [0, 0.05) is 12.1 Å². The van der Waals surface area contributed by atoms with Crippen LogP contribution in [-0.4, -0.2) is 23.8 Å². The highest BCUT2D eigenvalue weighted by atomic mass is 16.7. The molecule has 0 saturated carbocycles. The molecule has 1 saturated heterocycles. The Bertz CT molecular complexity index is 548. The molecule has 1 spiro atoms. The van der Waals surface area contributed by atoms with Gasteiger partial charge < -0.3 is 10.4 Å². The van der Waals surface area contributed by atoms with Gasteiger partial charge in [-0.3, -0.25) is 10.3 Å². The summed E-state index contributed by atoms with van der Waals surface area (Å²) in [6.45, 7) is 1.78. The van der Waals surface area contributed by atoms with Crippen molar-refractivity contribution in [1.29, 1.82) is 0 Å². The second-order valence-electron chi connectivity index (χ2n) is 4.55. The Morgan fingerprint density at radius 2 is 2.28 bits per heavy atom. The monoisotopic (exact) mass is 242 g/mol. The van der Waals surface area contributed by atoms with Gasteiger partial charge in [-0.25, -0.2) is 0 Å². The van der Waals surface area contributed by atoms with Crippen molar-refractivity contribution in [1.82, 2.24) is 10.8 Å². The number of benzene rings is 1. The van der Waals surface area contributed by atoms with Gasteiger partial charge >= 0.3 is 0 Å². The highest BCUT2D eigenvalue weighted by molar-refractivity contribution is 5.44. The normalized spacial score (nSPS) is 25.4. The van der Waals surface area contributed by atoms with Crippen molar-refractivity contribution < 1.29 is 9.94 Å². The van der Waals surface area contributed by atoms with E-state index in [9.17, 15) is 5.11 Å². The molecule has 92 valence electrons. The third kappa shape index (κ3) is 2.19. The number of hydrogen-bond donors (Lipinski definition) is 3. The lowest BCUT2D eigenvalue weighted by molar-refractivity contribution is -0.0250. The van der Waals surface area contributed by atoms with Crippen molar-refractivity contribution in [3.05, 3.63) is 41.6 Å². The Hall–Kier alpha value is -1.96. The third-order valence-electron chi connectivity index (χ3n) is 3.11. The molecule has 2 aliphatic heterocycles. The molecule has 3 rings (SSSR count). The van der Waals surface area contributed by atoms with Gasteiger partial charge in [0.1, 0.15) is 17.0 Å². The largest absolute Gasteiger partial charge is 0.508 e. The first-order valence-corrected chi connectivity index (χ1v) is 5.94. The number of phenols is 1. The molecule has 1 fully saturated rings. The molecule has 4 nitrogen and oxygen atoms in total. The minimum absolute atomic E-state index is 0.225. The Balaban J connectivity index is 1.78. The van der Waals surface area contributed by atoms with E-state index in [2.05, 4.69) is 22.6 Å². The van der Waals surface area contributed by atoms with Crippen molar-refractivity contribution in [2.75, 3.05) is 13.1 Å². The molecule has 1 aromatic carbocycles. The van der Waals surface area contributed by atoms with Crippen molar-refractivity contribution >= 4 is 0 Å². The summed E-state index contributed by atoms with van der Waals surface area (Å²) in [6, 6.07) is 6.89. The van der Waals surface area contributed by atoms with Gasteiger partial charge in [-0.1, -0.05) is 12.0 Å². The molecule has 3 N–H and O–H groups in total. The number of hydroxylamine groups is 1. The molecule has 0 radical (unpaired) electrons. The fraction of sp³-hybridized carbons (Fsp3) is 0.286. The van der Waals surface area contributed by atoms with E-state index in [4.69, 9.17) is 4.84 Å². The van der Waals surface area contributed by atoms with E-state index in [1.807, 2.05) is 12.1 Å². The lowest BCUT2D eigenvalue weighted by Crippen LogP contribution is -2.31. The molecule has 2 aliphatic rings. The van der Waals surface area contributed by atoms with Crippen LogP contribution in [0.1, 0.15) is 12.0 Å². The second-order valence-corrected chi connectivity index (χ2v) is 4.55. The van der Waals surface area contributed by atoms with E-state index >= 15 is 0 Å². The molecule has 0 amide bonds. The van der Waals surface area contributed by atoms with Crippen LogP contribution < -0.4 is 10.8 Å². The average molecular weight is 242 g/mol. The first kappa shape index (κ1) is 11.1. The molecule has 0 aliphatic carbocycles. The van der Waals surface area contributed by atoms with E-state index < -0.39 is 0 Å².